The second kappa shape index (κ2) is 7.16. The van der Waals surface area contributed by atoms with E-state index in [-0.39, 0.29) is 11.9 Å². The largest absolute Gasteiger partial charge is 0.466 e. The third kappa shape index (κ3) is 4.14. The van der Waals surface area contributed by atoms with Gasteiger partial charge in [0.05, 0.1) is 13.0 Å². The van der Waals surface area contributed by atoms with E-state index in [1.54, 1.807) is 6.92 Å². The Hall–Kier alpha value is -1.36. The lowest BCUT2D eigenvalue weighted by Gasteiger charge is -2.13. The fraction of sp³-hybridized carbons (Fsp3) is 0.583. The minimum Gasteiger partial charge on any atom is -0.466 e. The highest BCUT2D eigenvalue weighted by Crippen LogP contribution is 2.27. The smallest absolute Gasteiger partial charge is 0.307 e. The van der Waals surface area contributed by atoms with Crippen LogP contribution in [0.5, 0.6) is 0 Å². The molecule has 0 radical (unpaired) electrons. The number of hydrogen-bond acceptors (Lipinski definition) is 5. The van der Waals surface area contributed by atoms with Gasteiger partial charge in [-0.15, -0.1) is 0 Å². The van der Waals surface area contributed by atoms with E-state index in [2.05, 4.69) is 15.3 Å². The molecular weight excluding hydrogens is 254 g/mol. The van der Waals surface area contributed by atoms with Gasteiger partial charge in [-0.3, -0.25) is 4.79 Å². The summed E-state index contributed by atoms with van der Waals surface area (Å²) < 4.78 is 4.84. The first kappa shape index (κ1) is 14.7. The highest BCUT2D eigenvalue weighted by molar-refractivity contribution is 6.30. The van der Waals surface area contributed by atoms with Crippen molar-refractivity contribution in [2.45, 2.75) is 33.1 Å². The maximum absolute atomic E-state index is 11.2. The highest BCUT2D eigenvalue weighted by Gasteiger charge is 2.13. The lowest BCUT2D eigenvalue weighted by Crippen LogP contribution is -2.13. The summed E-state index contributed by atoms with van der Waals surface area (Å²) in [5.41, 5.74) is 0.864. The molecule has 6 heteroatoms. The Bertz CT molecular complexity index is 410. The lowest BCUT2D eigenvalue weighted by atomic mass is 10.1. The van der Waals surface area contributed by atoms with Crippen LogP contribution in [0.1, 0.15) is 38.7 Å². The molecule has 0 aliphatic rings. The van der Waals surface area contributed by atoms with Crippen LogP contribution in [-0.2, 0) is 9.53 Å². The molecule has 18 heavy (non-hydrogen) atoms. The number of carbonyl (C=O) groups excluding carboxylic acids is 1. The van der Waals surface area contributed by atoms with E-state index in [4.69, 9.17) is 16.3 Å². The number of esters is 1. The number of rotatable bonds is 6. The molecule has 0 aromatic carbocycles. The molecule has 100 valence electrons. The summed E-state index contributed by atoms with van der Waals surface area (Å²) in [5.74, 6) is 0.661. The van der Waals surface area contributed by atoms with Crippen molar-refractivity contribution in [3.05, 3.63) is 17.0 Å². The Kier molecular flexibility index (Phi) is 5.85. The normalized spacial score (nSPS) is 10.5. The van der Waals surface area contributed by atoms with Gasteiger partial charge in [-0.2, -0.15) is 0 Å². The fourth-order valence-electron chi connectivity index (χ4n) is 1.54. The zero-order valence-electron chi connectivity index (χ0n) is 10.9. The maximum Gasteiger partial charge on any atom is 0.307 e. The Labute approximate surface area is 112 Å². The number of halogens is 1. The standard InChI is InChI=1S/C12H18ClN3O2/c1-4-18-9(17)5-6-14-12-10(8(2)3)11(13)15-7-16-12/h7-8H,4-6H2,1-3H3,(H,14,15,16). The van der Waals surface area contributed by atoms with Crippen LogP contribution >= 0.6 is 11.6 Å². The van der Waals surface area contributed by atoms with Crippen LogP contribution in [0.4, 0.5) is 5.82 Å². The van der Waals surface area contributed by atoms with Gasteiger partial charge in [-0.1, -0.05) is 25.4 Å². The molecule has 0 fully saturated rings. The number of ether oxygens (including phenoxy) is 1. The summed E-state index contributed by atoms with van der Waals surface area (Å²) in [6.45, 7) is 6.68. The molecule has 0 aliphatic heterocycles. The van der Waals surface area contributed by atoms with Crippen LogP contribution in [0.2, 0.25) is 5.15 Å². The summed E-state index contributed by atoms with van der Waals surface area (Å²) in [4.78, 5) is 19.3. The molecule has 0 saturated carbocycles. The molecule has 1 heterocycles. The van der Waals surface area contributed by atoms with E-state index in [0.29, 0.717) is 30.5 Å². The topological polar surface area (TPSA) is 64.1 Å². The maximum atomic E-state index is 11.2. The van der Waals surface area contributed by atoms with Crippen LogP contribution in [0.15, 0.2) is 6.33 Å². The molecule has 0 saturated heterocycles. The van der Waals surface area contributed by atoms with Crippen LogP contribution in [0, 0.1) is 0 Å². The van der Waals surface area contributed by atoms with Crippen molar-refractivity contribution in [1.82, 2.24) is 9.97 Å². The predicted molar refractivity (Wildman–Crippen MR) is 70.9 cm³/mol. The molecule has 1 aromatic heterocycles. The Morgan fingerprint density at radius 3 is 2.83 bits per heavy atom. The van der Waals surface area contributed by atoms with Crippen molar-refractivity contribution in [2.75, 3.05) is 18.5 Å². The van der Waals surface area contributed by atoms with Gasteiger partial charge in [0.2, 0.25) is 0 Å². The van der Waals surface area contributed by atoms with Gasteiger partial charge in [0.15, 0.2) is 0 Å². The molecule has 5 nitrogen and oxygen atoms in total. The van der Waals surface area contributed by atoms with Crippen molar-refractivity contribution >= 4 is 23.4 Å². The van der Waals surface area contributed by atoms with Crippen LogP contribution in [0.25, 0.3) is 0 Å². The average molecular weight is 272 g/mol. The lowest BCUT2D eigenvalue weighted by molar-refractivity contribution is -0.142. The van der Waals surface area contributed by atoms with Gasteiger partial charge < -0.3 is 10.1 Å². The molecule has 0 unspecified atom stereocenters. The van der Waals surface area contributed by atoms with Crippen molar-refractivity contribution < 1.29 is 9.53 Å². The molecule has 1 aromatic rings. The first-order chi connectivity index (χ1) is 8.56. The number of nitrogens with zero attached hydrogens (tertiary/aromatic N) is 2. The molecule has 0 amide bonds. The third-order valence-corrected chi connectivity index (χ3v) is 2.64. The van der Waals surface area contributed by atoms with Gasteiger partial charge >= 0.3 is 5.97 Å². The van der Waals surface area contributed by atoms with E-state index < -0.39 is 0 Å². The number of nitrogens with one attached hydrogen (secondary N) is 1. The van der Waals surface area contributed by atoms with Gasteiger partial charge in [0.1, 0.15) is 17.3 Å². The molecule has 1 N–H and O–H groups in total. The average Bonchev–Trinajstić information content (AvgIpc) is 2.28. The minimum absolute atomic E-state index is 0.212. The van der Waals surface area contributed by atoms with E-state index in [1.165, 1.54) is 6.33 Å². The third-order valence-electron chi connectivity index (χ3n) is 2.34. The van der Waals surface area contributed by atoms with E-state index in [0.717, 1.165) is 5.56 Å². The zero-order valence-corrected chi connectivity index (χ0v) is 11.6. The molecular formula is C12H18ClN3O2. The summed E-state index contributed by atoms with van der Waals surface area (Å²) in [7, 11) is 0. The van der Waals surface area contributed by atoms with Crippen LogP contribution < -0.4 is 5.32 Å². The first-order valence-corrected chi connectivity index (χ1v) is 6.34. The molecule has 0 bridgehead atoms. The number of hydrogen-bond donors (Lipinski definition) is 1. The van der Waals surface area contributed by atoms with Gasteiger partial charge in [0, 0.05) is 12.1 Å². The Morgan fingerprint density at radius 1 is 1.50 bits per heavy atom. The van der Waals surface area contributed by atoms with Crippen LogP contribution in [-0.4, -0.2) is 29.1 Å². The van der Waals surface area contributed by atoms with Crippen molar-refractivity contribution in [1.29, 1.82) is 0 Å². The van der Waals surface area contributed by atoms with Crippen molar-refractivity contribution in [2.24, 2.45) is 0 Å². The summed E-state index contributed by atoms with van der Waals surface area (Å²) in [6.07, 6.45) is 1.70. The van der Waals surface area contributed by atoms with Gasteiger partial charge in [0.25, 0.3) is 0 Å². The van der Waals surface area contributed by atoms with Gasteiger partial charge in [-0.05, 0) is 12.8 Å². The number of carbonyl (C=O) groups is 1. The summed E-state index contributed by atoms with van der Waals surface area (Å²) >= 11 is 6.03. The van der Waals surface area contributed by atoms with Crippen molar-refractivity contribution in [3.63, 3.8) is 0 Å². The predicted octanol–water partition coefficient (Wildman–Crippen LogP) is 2.62. The minimum atomic E-state index is -0.226. The fourth-order valence-corrected chi connectivity index (χ4v) is 1.89. The van der Waals surface area contributed by atoms with E-state index >= 15 is 0 Å². The van der Waals surface area contributed by atoms with Crippen molar-refractivity contribution in [3.8, 4) is 0 Å². The summed E-state index contributed by atoms with van der Waals surface area (Å²) in [6, 6.07) is 0. The van der Waals surface area contributed by atoms with E-state index in [9.17, 15) is 4.79 Å². The quantitative estimate of drug-likeness (QED) is 0.636. The zero-order chi connectivity index (χ0) is 13.5. The van der Waals surface area contributed by atoms with Gasteiger partial charge in [-0.25, -0.2) is 9.97 Å². The molecule has 1 rings (SSSR count). The Balaban J connectivity index is 2.62. The first-order valence-electron chi connectivity index (χ1n) is 5.96. The highest BCUT2D eigenvalue weighted by atomic mass is 35.5. The SMILES string of the molecule is CCOC(=O)CCNc1ncnc(Cl)c1C(C)C. The Morgan fingerprint density at radius 2 is 2.22 bits per heavy atom. The summed E-state index contributed by atoms with van der Waals surface area (Å²) in [5, 5.41) is 3.53. The second-order valence-corrected chi connectivity index (χ2v) is 4.42. The monoisotopic (exact) mass is 271 g/mol. The number of anilines is 1. The molecule has 0 aliphatic carbocycles. The molecule has 0 spiro atoms. The van der Waals surface area contributed by atoms with Crippen LogP contribution in [0.3, 0.4) is 0 Å². The number of aromatic nitrogens is 2. The molecule has 0 atom stereocenters. The van der Waals surface area contributed by atoms with E-state index in [1.807, 2.05) is 13.8 Å². The second-order valence-electron chi connectivity index (χ2n) is 4.06.